The molecule has 0 radical (unpaired) electrons. The van der Waals surface area contributed by atoms with Gasteiger partial charge in [0.2, 0.25) is 0 Å². The standard InChI is InChI=1S/C21H22N2/c1-15-17-11-7-8-12-19(17)21(2,3)13-20-18(15)14-22-23(20)16-9-5-4-6-10-16/h4-12,14-15H,13H2,1-3H3. The number of rotatable bonds is 1. The summed E-state index contributed by atoms with van der Waals surface area (Å²) < 4.78 is 2.12. The summed E-state index contributed by atoms with van der Waals surface area (Å²) in [7, 11) is 0. The van der Waals surface area contributed by atoms with Crippen LogP contribution in [0.3, 0.4) is 0 Å². The third-order valence-electron chi connectivity index (χ3n) is 5.13. The van der Waals surface area contributed by atoms with Crippen LogP contribution >= 0.6 is 0 Å². The molecule has 1 heterocycles. The van der Waals surface area contributed by atoms with Crippen LogP contribution < -0.4 is 0 Å². The molecule has 0 saturated heterocycles. The molecule has 4 rings (SSSR count). The fraction of sp³-hybridized carbons (Fsp3) is 0.286. The molecule has 116 valence electrons. The van der Waals surface area contributed by atoms with E-state index in [1.807, 2.05) is 6.07 Å². The summed E-state index contributed by atoms with van der Waals surface area (Å²) in [5, 5.41) is 4.72. The van der Waals surface area contributed by atoms with Crippen molar-refractivity contribution in [2.75, 3.05) is 0 Å². The highest BCUT2D eigenvalue weighted by atomic mass is 15.3. The molecule has 1 aliphatic carbocycles. The molecule has 0 spiro atoms. The lowest BCUT2D eigenvalue weighted by atomic mass is 9.78. The highest BCUT2D eigenvalue weighted by Gasteiger charge is 2.33. The third kappa shape index (κ3) is 2.21. The number of fused-ring (bicyclic) bond motifs is 2. The molecule has 3 aromatic rings. The molecule has 1 unspecified atom stereocenters. The molecule has 2 aromatic carbocycles. The summed E-state index contributed by atoms with van der Waals surface area (Å²) in [6.45, 7) is 6.99. The van der Waals surface area contributed by atoms with E-state index in [1.165, 1.54) is 22.4 Å². The van der Waals surface area contributed by atoms with E-state index in [1.54, 1.807) is 0 Å². The van der Waals surface area contributed by atoms with Crippen LogP contribution in [0.25, 0.3) is 5.69 Å². The lowest BCUT2D eigenvalue weighted by molar-refractivity contribution is 0.507. The molecular formula is C21H22N2. The van der Waals surface area contributed by atoms with E-state index in [4.69, 9.17) is 5.10 Å². The number of para-hydroxylation sites is 1. The van der Waals surface area contributed by atoms with Gasteiger partial charge in [0.05, 0.1) is 11.9 Å². The summed E-state index contributed by atoms with van der Waals surface area (Å²) in [5.74, 6) is 0.375. The summed E-state index contributed by atoms with van der Waals surface area (Å²) >= 11 is 0. The van der Waals surface area contributed by atoms with Crippen LogP contribution in [0.4, 0.5) is 0 Å². The van der Waals surface area contributed by atoms with E-state index in [2.05, 4.69) is 80.2 Å². The minimum atomic E-state index is 0.0999. The molecule has 23 heavy (non-hydrogen) atoms. The fourth-order valence-electron chi connectivity index (χ4n) is 3.89. The van der Waals surface area contributed by atoms with Gasteiger partial charge in [-0.3, -0.25) is 0 Å². The Morgan fingerprint density at radius 1 is 0.957 bits per heavy atom. The van der Waals surface area contributed by atoms with Gasteiger partial charge in [0.25, 0.3) is 0 Å². The van der Waals surface area contributed by atoms with Gasteiger partial charge in [0, 0.05) is 17.2 Å². The van der Waals surface area contributed by atoms with Crippen molar-refractivity contribution in [1.82, 2.24) is 9.78 Å². The molecular weight excluding hydrogens is 280 g/mol. The molecule has 0 aliphatic heterocycles. The van der Waals surface area contributed by atoms with Crippen LogP contribution in [0.2, 0.25) is 0 Å². The number of nitrogens with zero attached hydrogens (tertiary/aromatic N) is 2. The Morgan fingerprint density at radius 3 is 2.43 bits per heavy atom. The van der Waals surface area contributed by atoms with E-state index in [0.29, 0.717) is 5.92 Å². The number of benzene rings is 2. The molecule has 1 aromatic heterocycles. The Kier molecular flexibility index (Phi) is 3.15. The first-order chi connectivity index (χ1) is 11.1. The normalized spacial score (nSPS) is 18.8. The summed E-state index contributed by atoms with van der Waals surface area (Å²) in [6.07, 6.45) is 3.06. The first kappa shape index (κ1) is 14.3. The predicted molar refractivity (Wildman–Crippen MR) is 94.3 cm³/mol. The first-order valence-corrected chi connectivity index (χ1v) is 8.29. The molecule has 0 saturated carbocycles. The Balaban J connectivity index is 1.93. The molecule has 0 bridgehead atoms. The zero-order valence-electron chi connectivity index (χ0n) is 14.0. The van der Waals surface area contributed by atoms with Gasteiger partial charge in [0.1, 0.15) is 0 Å². The second-order valence-corrected chi connectivity index (χ2v) is 7.16. The maximum absolute atomic E-state index is 4.72. The SMILES string of the molecule is CC1c2ccccc2C(C)(C)Cc2c1cnn2-c1ccccc1. The molecule has 1 aliphatic rings. The minimum Gasteiger partial charge on any atom is -0.237 e. The lowest BCUT2D eigenvalue weighted by Crippen LogP contribution is -2.22. The monoisotopic (exact) mass is 302 g/mol. The summed E-state index contributed by atoms with van der Waals surface area (Å²) in [6, 6.07) is 19.3. The summed E-state index contributed by atoms with van der Waals surface area (Å²) in [5.41, 5.74) is 6.83. The zero-order valence-corrected chi connectivity index (χ0v) is 14.0. The van der Waals surface area contributed by atoms with Gasteiger partial charge in [-0.2, -0.15) is 5.10 Å². The molecule has 1 atom stereocenters. The largest absolute Gasteiger partial charge is 0.237 e. The van der Waals surface area contributed by atoms with Crippen LogP contribution in [0.1, 0.15) is 49.1 Å². The van der Waals surface area contributed by atoms with Crippen molar-refractivity contribution < 1.29 is 0 Å². The van der Waals surface area contributed by atoms with Gasteiger partial charge >= 0.3 is 0 Å². The highest BCUT2D eigenvalue weighted by Crippen LogP contribution is 2.42. The highest BCUT2D eigenvalue weighted by molar-refractivity contribution is 5.48. The van der Waals surface area contributed by atoms with E-state index < -0.39 is 0 Å². The molecule has 2 nitrogen and oxygen atoms in total. The van der Waals surface area contributed by atoms with Gasteiger partial charge < -0.3 is 0 Å². The van der Waals surface area contributed by atoms with Crippen molar-refractivity contribution >= 4 is 0 Å². The minimum absolute atomic E-state index is 0.0999. The van der Waals surface area contributed by atoms with Gasteiger partial charge in [-0.25, -0.2) is 4.68 Å². The topological polar surface area (TPSA) is 17.8 Å². The average Bonchev–Trinajstić information content (AvgIpc) is 2.94. The Labute approximate surface area is 137 Å². The van der Waals surface area contributed by atoms with Gasteiger partial charge in [-0.1, -0.05) is 63.2 Å². The van der Waals surface area contributed by atoms with Crippen molar-refractivity contribution in [3.05, 3.63) is 83.2 Å². The first-order valence-electron chi connectivity index (χ1n) is 8.29. The van der Waals surface area contributed by atoms with Crippen molar-refractivity contribution in [2.24, 2.45) is 0 Å². The maximum Gasteiger partial charge on any atom is 0.0648 e. The third-order valence-corrected chi connectivity index (χ3v) is 5.13. The fourth-order valence-corrected chi connectivity index (χ4v) is 3.89. The molecule has 0 amide bonds. The molecule has 0 N–H and O–H groups in total. The predicted octanol–water partition coefficient (Wildman–Crippen LogP) is 4.86. The molecule has 0 fully saturated rings. The maximum atomic E-state index is 4.72. The van der Waals surface area contributed by atoms with E-state index in [-0.39, 0.29) is 5.41 Å². The van der Waals surface area contributed by atoms with Gasteiger partial charge in [-0.05, 0) is 35.1 Å². The Hall–Kier alpha value is -2.35. The quantitative estimate of drug-likeness (QED) is 0.628. The lowest BCUT2D eigenvalue weighted by Gasteiger charge is -2.26. The second-order valence-electron chi connectivity index (χ2n) is 7.16. The van der Waals surface area contributed by atoms with Crippen LogP contribution in [-0.2, 0) is 11.8 Å². The summed E-state index contributed by atoms with van der Waals surface area (Å²) in [4.78, 5) is 0. The van der Waals surface area contributed by atoms with Crippen molar-refractivity contribution in [3.8, 4) is 5.69 Å². The smallest absolute Gasteiger partial charge is 0.0648 e. The average molecular weight is 302 g/mol. The zero-order chi connectivity index (χ0) is 16.0. The van der Waals surface area contributed by atoms with Crippen molar-refractivity contribution in [1.29, 1.82) is 0 Å². The van der Waals surface area contributed by atoms with Crippen LogP contribution in [-0.4, -0.2) is 9.78 Å². The van der Waals surface area contributed by atoms with Crippen LogP contribution in [0.5, 0.6) is 0 Å². The van der Waals surface area contributed by atoms with E-state index in [0.717, 1.165) is 12.1 Å². The van der Waals surface area contributed by atoms with Crippen molar-refractivity contribution in [2.45, 2.75) is 38.5 Å². The van der Waals surface area contributed by atoms with Gasteiger partial charge in [0.15, 0.2) is 0 Å². The van der Waals surface area contributed by atoms with Gasteiger partial charge in [-0.15, -0.1) is 0 Å². The Bertz CT molecular complexity index is 843. The van der Waals surface area contributed by atoms with Crippen LogP contribution in [0.15, 0.2) is 60.8 Å². The van der Waals surface area contributed by atoms with E-state index in [9.17, 15) is 0 Å². The Morgan fingerprint density at radius 2 is 1.65 bits per heavy atom. The van der Waals surface area contributed by atoms with Crippen LogP contribution in [0, 0.1) is 0 Å². The number of hydrogen-bond acceptors (Lipinski definition) is 1. The number of hydrogen-bond donors (Lipinski definition) is 0. The number of aromatic nitrogens is 2. The molecule has 2 heteroatoms. The van der Waals surface area contributed by atoms with E-state index >= 15 is 0 Å². The van der Waals surface area contributed by atoms with Crippen molar-refractivity contribution in [3.63, 3.8) is 0 Å². The second kappa shape index (κ2) is 5.09.